The molecule has 1 aromatic heterocycles. The molecule has 0 radical (unpaired) electrons. The maximum atomic E-state index is 12.6. The van der Waals surface area contributed by atoms with Gasteiger partial charge in [-0.3, -0.25) is 4.79 Å². The van der Waals surface area contributed by atoms with E-state index in [2.05, 4.69) is 4.98 Å². The summed E-state index contributed by atoms with van der Waals surface area (Å²) in [7, 11) is 0. The van der Waals surface area contributed by atoms with Gasteiger partial charge in [-0.25, -0.2) is 4.98 Å². The Hall–Kier alpha value is -1.41. The summed E-state index contributed by atoms with van der Waals surface area (Å²) in [5.41, 5.74) is 0.453. The van der Waals surface area contributed by atoms with Crippen molar-refractivity contribution in [3.8, 4) is 0 Å². The number of para-hydroxylation sites is 1. The van der Waals surface area contributed by atoms with E-state index in [1.165, 1.54) is 18.2 Å². The number of aliphatic carboxylic acids is 1. The number of hydrogen-bond acceptors (Lipinski definition) is 3. The molecule has 0 aliphatic rings. The minimum atomic E-state index is -4.44. The van der Waals surface area contributed by atoms with Crippen LogP contribution in [0.4, 0.5) is 13.2 Å². The summed E-state index contributed by atoms with van der Waals surface area (Å²) in [5, 5.41) is 8.82. The number of aromatic nitrogens is 2. The zero-order valence-corrected chi connectivity index (χ0v) is 11.4. The van der Waals surface area contributed by atoms with Crippen molar-refractivity contribution < 1.29 is 23.1 Å². The van der Waals surface area contributed by atoms with Crippen molar-refractivity contribution in [2.45, 2.75) is 17.9 Å². The Morgan fingerprint density at radius 1 is 1.45 bits per heavy atom. The lowest BCUT2D eigenvalue weighted by Crippen LogP contribution is -2.18. The summed E-state index contributed by atoms with van der Waals surface area (Å²) >= 11 is 6.62. The molecule has 1 aromatic carbocycles. The number of fused-ring (bicyclic) bond motifs is 1. The van der Waals surface area contributed by atoms with E-state index >= 15 is 0 Å². The first-order chi connectivity index (χ1) is 9.28. The number of imidazole rings is 1. The van der Waals surface area contributed by atoms with Crippen LogP contribution in [0.15, 0.2) is 23.4 Å². The maximum absolute atomic E-state index is 12.6. The van der Waals surface area contributed by atoms with Crippen LogP contribution in [0.3, 0.4) is 0 Å². The molecule has 0 saturated carbocycles. The third kappa shape index (κ3) is 3.37. The zero-order valence-electron chi connectivity index (χ0n) is 9.82. The van der Waals surface area contributed by atoms with Crippen molar-refractivity contribution in [2.24, 2.45) is 0 Å². The smallest absolute Gasteiger partial charge is 0.406 e. The molecule has 0 fully saturated rings. The second-order valence-electron chi connectivity index (χ2n) is 3.89. The summed E-state index contributed by atoms with van der Waals surface area (Å²) in [6.45, 7) is -1.24. The molecule has 108 valence electrons. The second kappa shape index (κ2) is 5.53. The molecule has 2 aromatic rings. The Bertz CT molecular complexity index is 657. The standard InChI is InChI=1S/C11H8ClF3N2O2S/c12-6-2-1-3-7-9(6)16-10(20-4-8(18)19)17(7)5-11(13,14)15/h1-3H,4-5H2,(H,18,19). The molecule has 0 atom stereocenters. The molecule has 0 aliphatic heterocycles. The Morgan fingerprint density at radius 3 is 2.75 bits per heavy atom. The molecule has 1 heterocycles. The third-order valence-corrected chi connectivity index (χ3v) is 3.62. The van der Waals surface area contributed by atoms with E-state index in [-0.39, 0.29) is 27.0 Å². The summed E-state index contributed by atoms with van der Waals surface area (Å²) in [4.78, 5) is 14.5. The molecule has 0 unspecified atom stereocenters. The molecule has 0 saturated heterocycles. The van der Waals surface area contributed by atoms with Gasteiger partial charge >= 0.3 is 12.1 Å². The number of carbonyl (C=O) groups is 1. The van der Waals surface area contributed by atoms with Crippen molar-refractivity contribution >= 4 is 40.4 Å². The van der Waals surface area contributed by atoms with E-state index in [4.69, 9.17) is 16.7 Å². The van der Waals surface area contributed by atoms with Crippen LogP contribution >= 0.6 is 23.4 Å². The highest BCUT2D eigenvalue weighted by atomic mass is 35.5. The average Bonchev–Trinajstić information content (AvgIpc) is 2.65. The number of halogens is 4. The fourth-order valence-corrected chi connectivity index (χ4v) is 2.60. The fraction of sp³-hybridized carbons (Fsp3) is 0.273. The highest BCUT2D eigenvalue weighted by Crippen LogP contribution is 2.31. The van der Waals surface area contributed by atoms with Gasteiger partial charge in [-0.05, 0) is 12.1 Å². The average molecular weight is 325 g/mol. The highest BCUT2D eigenvalue weighted by Gasteiger charge is 2.30. The van der Waals surface area contributed by atoms with Crippen molar-refractivity contribution in [1.82, 2.24) is 9.55 Å². The van der Waals surface area contributed by atoms with Gasteiger partial charge in [0.15, 0.2) is 5.16 Å². The fourth-order valence-electron chi connectivity index (χ4n) is 1.66. The number of rotatable bonds is 4. The van der Waals surface area contributed by atoms with Crippen molar-refractivity contribution in [3.63, 3.8) is 0 Å². The van der Waals surface area contributed by atoms with Crippen LogP contribution < -0.4 is 0 Å². The topological polar surface area (TPSA) is 55.1 Å². The quantitative estimate of drug-likeness (QED) is 0.875. The minimum absolute atomic E-state index is 0.0205. The summed E-state index contributed by atoms with van der Waals surface area (Å²) in [6, 6.07) is 4.50. The van der Waals surface area contributed by atoms with Crippen LogP contribution in [-0.2, 0) is 11.3 Å². The Labute approximate surface area is 120 Å². The van der Waals surface area contributed by atoms with Crippen LogP contribution in [-0.4, -0.2) is 32.6 Å². The third-order valence-electron chi connectivity index (χ3n) is 2.36. The molecule has 2 rings (SSSR count). The first-order valence-corrected chi connectivity index (χ1v) is 6.70. The normalized spacial score (nSPS) is 12.0. The molecule has 20 heavy (non-hydrogen) atoms. The lowest BCUT2D eigenvalue weighted by atomic mass is 10.3. The minimum Gasteiger partial charge on any atom is -0.481 e. The van der Waals surface area contributed by atoms with E-state index in [0.29, 0.717) is 0 Å². The van der Waals surface area contributed by atoms with E-state index < -0.39 is 18.7 Å². The summed E-state index contributed by atoms with van der Waals surface area (Å²) in [6.07, 6.45) is -4.44. The van der Waals surface area contributed by atoms with E-state index in [9.17, 15) is 18.0 Å². The zero-order chi connectivity index (χ0) is 14.9. The Kier molecular flexibility index (Phi) is 4.14. The van der Waals surface area contributed by atoms with Gasteiger partial charge in [-0.2, -0.15) is 13.2 Å². The number of alkyl halides is 3. The Morgan fingerprint density at radius 2 is 2.15 bits per heavy atom. The highest BCUT2D eigenvalue weighted by molar-refractivity contribution is 7.99. The molecule has 4 nitrogen and oxygen atoms in total. The van der Waals surface area contributed by atoms with Crippen LogP contribution in [0.25, 0.3) is 11.0 Å². The number of hydrogen-bond donors (Lipinski definition) is 1. The predicted octanol–water partition coefficient (Wildman–Crippen LogP) is 3.43. The van der Waals surface area contributed by atoms with Gasteiger partial charge in [-0.1, -0.05) is 29.4 Å². The number of nitrogens with zero attached hydrogens (tertiary/aromatic N) is 2. The van der Waals surface area contributed by atoms with Gasteiger partial charge in [0.05, 0.1) is 16.3 Å². The first-order valence-electron chi connectivity index (χ1n) is 5.34. The van der Waals surface area contributed by atoms with Crippen molar-refractivity contribution in [1.29, 1.82) is 0 Å². The van der Waals surface area contributed by atoms with Gasteiger partial charge in [-0.15, -0.1) is 0 Å². The van der Waals surface area contributed by atoms with Crippen LogP contribution in [0.5, 0.6) is 0 Å². The molecule has 9 heteroatoms. The van der Waals surface area contributed by atoms with Crippen LogP contribution in [0, 0.1) is 0 Å². The largest absolute Gasteiger partial charge is 0.481 e. The first kappa shape index (κ1) is 15.0. The molecular weight excluding hydrogens is 317 g/mol. The maximum Gasteiger partial charge on any atom is 0.406 e. The lowest BCUT2D eigenvalue weighted by molar-refractivity contribution is -0.141. The summed E-state index contributed by atoms with van der Waals surface area (Å²) < 4.78 is 38.8. The molecular formula is C11H8ClF3N2O2S. The molecule has 1 N–H and O–H groups in total. The lowest BCUT2D eigenvalue weighted by Gasteiger charge is -2.11. The number of benzene rings is 1. The van der Waals surface area contributed by atoms with Gasteiger partial charge in [0.2, 0.25) is 0 Å². The number of thioether (sulfide) groups is 1. The monoisotopic (exact) mass is 324 g/mol. The van der Waals surface area contributed by atoms with Gasteiger partial charge in [0, 0.05) is 0 Å². The molecule has 0 spiro atoms. The van der Waals surface area contributed by atoms with Crippen molar-refractivity contribution in [3.05, 3.63) is 23.2 Å². The van der Waals surface area contributed by atoms with E-state index in [1.54, 1.807) is 0 Å². The molecule has 0 amide bonds. The summed E-state index contributed by atoms with van der Waals surface area (Å²) in [5.74, 6) is -1.51. The second-order valence-corrected chi connectivity index (χ2v) is 5.24. The molecule has 0 aliphatic carbocycles. The van der Waals surface area contributed by atoms with Gasteiger partial charge in [0.1, 0.15) is 12.1 Å². The predicted molar refractivity (Wildman–Crippen MR) is 69.2 cm³/mol. The van der Waals surface area contributed by atoms with E-state index in [0.717, 1.165) is 16.3 Å². The van der Waals surface area contributed by atoms with Crippen LogP contribution in [0.2, 0.25) is 5.02 Å². The SMILES string of the molecule is O=C(O)CSc1nc2c(Cl)cccc2n1CC(F)(F)F. The van der Waals surface area contributed by atoms with Crippen LogP contribution in [0.1, 0.15) is 0 Å². The number of carboxylic acid groups (broad SMARTS) is 1. The Balaban J connectivity index is 2.50. The molecule has 0 bridgehead atoms. The van der Waals surface area contributed by atoms with Gasteiger partial charge < -0.3 is 9.67 Å². The van der Waals surface area contributed by atoms with Gasteiger partial charge in [0.25, 0.3) is 0 Å². The van der Waals surface area contributed by atoms with E-state index in [1.807, 2.05) is 0 Å². The number of carboxylic acids is 1. The van der Waals surface area contributed by atoms with Crippen molar-refractivity contribution in [2.75, 3.05) is 5.75 Å².